The van der Waals surface area contributed by atoms with Gasteiger partial charge in [0.15, 0.2) is 5.78 Å². The Labute approximate surface area is 219 Å². The third-order valence-corrected chi connectivity index (χ3v) is 6.69. The molecule has 1 fully saturated rings. The minimum Gasteiger partial charge on any atom is -0.466 e. The average molecular weight is 555 g/mol. The van der Waals surface area contributed by atoms with Crippen molar-refractivity contribution in [2.75, 3.05) is 24.6 Å². The number of rotatable bonds is 8. The lowest BCUT2D eigenvalue weighted by molar-refractivity contribution is -0.274. The van der Waals surface area contributed by atoms with Gasteiger partial charge in [-0.2, -0.15) is 0 Å². The molecule has 0 N–H and O–H groups in total. The zero-order valence-corrected chi connectivity index (χ0v) is 21.2. The van der Waals surface area contributed by atoms with Crippen LogP contribution in [0.3, 0.4) is 0 Å². The van der Waals surface area contributed by atoms with Crippen LogP contribution in [0.5, 0.6) is 5.75 Å². The van der Waals surface area contributed by atoms with Crippen molar-refractivity contribution in [3.05, 3.63) is 51.7 Å². The summed E-state index contributed by atoms with van der Waals surface area (Å²) in [5.41, 5.74) is 0.873. The fourth-order valence-corrected chi connectivity index (χ4v) is 4.92. The van der Waals surface area contributed by atoms with Crippen LogP contribution in [-0.2, 0) is 16.0 Å². The maximum Gasteiger partial charge on any atom is 0.573 e. The van der Waals surface area contributed by atoms with E-state index in [-0.39, 0.29) is 34.8 Å². The van der Waals surface area contributed by atoms with Crippen LogP contribution >= 0.6 is 22.9 Å². The molecule has 2 aromatic heterocycles. The average Bonchev–Trinajstić information content (AvgIpc) is 3.31. The summed E-state index contributed by atoms with van der Waals surface area (Å²) >= 11 is 7.13. The predicted octanol–water partition coefficient (Wildman–Crippen LogP) is 5.36. The second kappa shape index (κ2) is 11.4. The zero-order chi connectivity index (χ0) is 26.6. The van der Waals surface area contributed by atoms with Gasteiger partial charge in [0.25, 0.3) is 0 Å². The number of carbonyl (C=O) groups is 2. The van der Waals surface area contributed by atoms with Crippen molar-refractivity contribution < 1.29 is 32.2 Å². The SMILES string of the molecule is CCOC(=O)C1CCN(c2cnc(C(=O)Cc3nc(-c4cc(Cl)cc(OC(F)(F)F)c4)cs3)cn2)CC1. The highest BCUT2D eigenvalue weighted by Crippen LogP contribution is 2.32. The third-order valence-electron chi connectivity index (χ3n) is 5.63. The summed E-state index contributed by atoms with van der Waals surface area (Å²) in [7, 11) is 0. The Morgan fingerprint density at radius 1 is 1.16 bits per heavy atom. The van der Waals surface area contributed by atoms with Crippen LogP contribution in [0.15, 0.2) is 36.0 Å². The van der Waals surface area contributed by atoms with Crippen LogP contribution < -0.4 is 9.64 Å². The van der Waals surface area contributed by atoms with Crippen molar-refractivity contribution in [3.8, 4) is 17.0 Å². The van der Waals surface area contributed by atoms with Crippen molar-refractivity contribution in [1.82, 2.24) is 15.0 Å². The first-order chi connectivity index (χ1) is 17.6. The number of hydrogen-bond donors (Lipinski definition) is 0. The number of anilines is 1. The zero-order valence-electron chi connectivity index (χ0n) is 19.6. The minimum absolute atomic E-state index is 0.0455. The molecule has 1 aliphatic rings. The molecular formula is C24H22ClF3N4O4S. The van der Waals surface area contributed by atoms with Crippen molar-refractivity contribution in [2.24, 2.45) is 5.92 Å². The van der Waals surface area contributed by atoms with Gasteiger partial charge < -0.3 is 14.4 Å². The maximum atomic E-state index is 12.7. The van der Waals surface area contributed by atoms with Crippen molar-refractivity contribution in [1.29, 1.82) is 0 Å². The van der Waals surface area contributed by atoms with Crippen LogP contribution in [0, 0.1) is 5.92 Å². The normalized spacial score (nSPS) is 14.5. The van der Waals surface area contributed by atoms with Gasteiger partial charge in [-0.05, 0) is 38.0 Å². The third kappa shape index (κ3) is 7.16. The number of ether oxygens (including phenoxy) is 2. The van der Waals surface area contributed by atoms with E-state index < -0.39 is 12.1 Å². The molecule has 0 saturated carbocycles. The molecule has 1 saturated heterocycles. The first-order valence-electron chi connectivity index (χ1n) is 11.4. The lowest BCUT2D eigenvalue weighted by Crippen LogP contribution is -2.37. The summed E-state index contributed by atoms with van der Waals surface area (Å²) < 4.78 is 46.7. The molecule has 196 valence electrons. The molecule has 37 heavy (non-hydrogen) atoms. The molecule has 4 rings (SSSR count). The number of ketones is 1. The van der Waals surface area contributed by atoms with Gasteiger partial charge in [0, 0.05) is 29.1 Å². The summed E-state index contributed by atoms with van der Waals surface area (Å²) in [4.78, 5) is 39.6. The van der Waals surface area contributed by atoms with E-state index in [0.29, 0.717) is 54.6 Å². The summed E-state index contributed by atoms with van der Waals surface area (Å²) in [6.45, 7) is 3.41. The van der Waals surface area contributed by atoms with Crippen LogP contribution in [-0.4, -0.2) is 52.8 Å². The van der Waals surface area contributed by atoms with E-state index >= 15 is 0 Å². The van der Waals surface area contributed by atoms with Gasteiger partial charge in [-0.1, -0.05) is 11.6 Å². The monoisotopic (exact) mass is 554 g/mol. The molecule has 3 heterocycles. The molecule has 0 radical (unpaired) electrons. The van der Waals surface area contributed by atoms with Gasteiger partial charge in [-0.3, -0.25) is 9.59 Å². The molecule has 3 aromatic rings. The molecule has 0 amide bonds. The van der Waals surface area contributed by atoms with Gasteiger partial charge in [0.1, 0.15) is 22.3 Å². The van der Waals surface area contributed by atoms with E-state index in [9.17, 15) is 22.8 Å². The molecule has 0 atom stereocenters. The highest BCUT2D eigenvalue weighted by Gasteiger charge is 2.31. The Morgan fingerprint density at radius 2 is 1.92 bits per heavy atom. The number of piperidine rings is 1. The van der Waals surface area contributed by atoms with Crippen molar-refractivity contribution >= 4 is 40.5 Å². The van der Waals surface area contributed by atoms with Crippen molar-refractivity contribution in [2.45, 2.75) is 32.5 Å². The number of hydrogen-bond acceptors (Lipinski definition) is 9. The number of alkyl halides is 3. The maximum absolute atomic E-state index is 12.7. The first-order valence-corrected chi connectivity index (χ1v) is 12.6. The van der Waals surface area contributed by atoms with E-state index in [4.69, 9.17) is 16.3 Å². The Bertz CT molecular complexity index is 1260. The summed E-state index contributed by atoms with van der Waals surface area (Å²) in [6.07, 6.45) is -0.651. The standard InChI is InChI=1S/C24H22ClF3N4O4S/c1-2-35-23(34)14-3-5-32(6-4-14)21-12-29-18(11-30-21)20(33)10-22-31-19(13-37-22)15-7-16(25)9-17(8-15)36-24(26,27)28/h7-9,11-14H,2-6,10H2,1H3. The predicted molar refractivity (Wildman–Crippen MR) is 131 cm³/mol. The van der Waals surface area contributed by atoms with Gasteiger partial charge in [0.2, 0.25) is 0 Å². The molecule has 0 unspecified atom stereocenters. The highest BCUT2D eigenvalue weighted by molar-refractivity contribution is 7.10. The van der Waals surface area contributed by atoms with E-state index in [1.807, 2.05) is 4.90 Å². The first kappa shape index (κ1) is 26.8. The van der Waals surface area contributed by atoms with Gasteiger partial charge >= 0.3 is 12.3 Å². The summed E-state index contributed by atoms with van der Waals surface area (Å²) in [6, 6.07) is 3.70. The molecule has 13 heteroatoms. The van der Waals surface area contributed by atoms with E-state index in [1.54, 1.807) is 12.3 Å². The molecule has 0 spiro atoms. The highest BCUT2D eigenvalue weighted by atomic mass is 35.5. The second-order valence-electron chi connectivity index (χ2n) is 8.22. The number of nitrogens with zero attached hydrogens (tertiary/aromatic N) is 4. The van der Waals surface area contributed by atoms with Crippen LogP contribution in [0.1, 0.15) is 35.3 Å². The van der Waals surface area contributed by atoms with E-state index in [2.05, 4.69) is 19.7 Å². The summed E-state index contributed by atoms with van der Waals surface area (Å²) in [5.74, 6) is -0.434. The Kier molecular flexibility index (Phi) is 8.28. The van der Waals surface area contributed by atoms with Gasteiger partial charge in [0.05, 0.1) is 37.0 Å². The number of benzene rings is 1. The lowest BCUT2D eigenvalue weighted by Gasteiger charge is -2.31. The number of Topliss-reactive ketones (excluding diaryl/α,β-unsaturated/α-hetero) is 1. The molecule has 0 bridgehead atoms. The number of thiazole rings is 1. The number of carbonyl (C=O) groups excluding carboxylic acids is 2. The lowest BCUT2D eigenvalue weighted by atomic mass is 9.97. The topological polar surface area (TPSA) is 94.5 Å². The second-order valence-corrected chi connectivity index (χ2v) is 9.60. The van der Waals surface area contributed by atoms with Gasteiger partial charge in [-0.25, -0.2) is 15.0 Å². The van der Waals surface area contributed by atoms with Crippen LogP contribution in [0.2, 0.25) is 5.02 Å². The molecule has 1 aliphatic heterocycles. The Balaban J connectivity index is 1.37. The minimum atomic E-state index is -4.85. The summed E-state index contributed by atoms with van der Waals surface area (Å²) in [5, 5.41) is 2.15. The van der Waals surface area contributed by atoms with Gasteiger partial charge in [-0.15, -0.1) is 24.5 Å². The smallest absolute Gasteiger partial charge is 0.466 e. The van der Waals surface area contributed by atoms with E-state index in [1.165, 1.54) is 35.9 Å². The fraction of sp³-hybridized carbons (Fsp3) is 0.375. The fourth-order valence-electron chi connectivity index (χ4n) is 3.89. The van der Waals surface area contributed by atoms with Crippen LogP contribution in [0.25, 0.3) is 11.3 Å². The quantitative estimate of drug-likeness (QED) is 0.271. The van der Waals surface area contributed by atoms with E-state index in [0.717, 1.165) is 6.07 Å². The molecule has 1 aromatic carbocycles. The Morgan fingerprint density at radius 3 is 2.57 bits per heavy atom. The molecular weight excluding hydrogens is 533 g/mol. The number of aromatic nitrogens is 3. The Hall–Kier alpha value is -3.25. The largest absolute Gasteiger partial charge is 0.573 e. The number of esters is 1. The van der Waals surface area contributed by atoms with Crippen molar-refractivity contribution in [3.63, 3.8) is 0 Å². The molecule has 8 nitrogen and oxygen atoms in total. The molecule has 0 aliphatic carbocycles. The number of halogens is 4. The van der Waals surface area contributed by atoms with Crippen LogP contribution in [0.4, 0.5) is 19.0 Å².